The molecule has 0 aliphatic carbocycles. The lowest BCUT2D eigenvalue weighted by molar-refractivity contribution is 0.0978. The van der Waals surface area contributed by atoms with Gasteiger partial charge in [-0.2, -0.15) is 0 Å². The monoisotopic (exact) mass is 477 g/mol. The number of halogens is 1. The molecular weight excluding hydrogens is 462 g/mol. The Morgan fingerprint density at radius 1 is 1.13 bits per heavy atom. The first-order valence-electron chi connectivity index (χ1n) is 9.13. The summed E-state index contributed by atoms with van der Waals surface area (Å²) < 4.78 is 32.5. The second-order valence-electron chi connectivity index (χ2n) is 6.65. The molecule has 0 aliphatic heterocycles. The maximum absolute atomic E-state index is 12.7. The maximum atomic E-state index is 12.7. The van der Waals surface area contributed by atoms with Crippen LogP contribution in [0.15, 0.2) is 46.2 Å². The van der Waals surface area contributed by atoms with Crippen molar-refractivity contribution >= 4 is 49.8 Å². The molecule has 1 aromatic carbocycles. The summed E-state index contributed by atoms with van der Waals surface area (Å²) in [6.45, 7) is 1.90. The van der Waals surface area contributed by atoms with Gasteiger partial charge in [0.1, 0.15) is 10.6 Å². The topological polar surface area (TPSA) is 128 Å². The molecular formula is C19H16ClN5O4S2. The van der Waals surface area contributed by atoms with E-state index in [-0.39, 0.29) is 33.3 Å². The fourth-order valence-electron chi connectivity index (χ4n) is 2.87. The molecule has 0 unspecified atom stereocenters. The largest absolute Gasteiger partial charge is 0.292 e. The predicted octanol–water partition coefficient (Wildman–Crippen LogP) is 3.33. The Morgan fingerprint density at radius 2 is 1.94 bits per heavy atom. The van der Waals surface area contributed by atoms with Crippen LogP contribution in [0, 0.1) is 6.92 Å². The standard InChI is InChI=1S/C19H16ClN5O4S2/c1-11-21-10-13(30-11)3-6-16(26)15-5-2-12(8-22-15)9-23-31(27,28)17-7-4-14(20)18-19(17)25-29-24-18/h2,4-5,7-8,10,23H,3,6,9H2,1H3. The zero-order valence-electron chi connectivity index (χ0n) is 16.2. The molecule has 4 rings (SSSR count). The summed E-state index contributed by atoms with van der Waals surface area (Å²) in [5.41, 5.74) is 1.15. The van der Waals surface area contributed by atoms with E-state index in [4.69, 9.17) is 11.6 Å². The molecule has 12 heteroatoms. The zero-order chi connectivity index (χ0) is 22.0. The first-order valence-corrected chi connectivity index (χ1v) is 11.8. The first-order chi connectivity index (χ1) is 14.8. The highest BCUT2D eigenvalue weighted by molar-refractivity contribution is 7.89. The molecule has 0 fully saturated rings. The van der Waals surface area contributed by atoms with Gasteiger partial charge >= 0.3 is 0 Å². The van der Waals surface area contributed by atoms with Crippen molar-refractivity contribution in [1.29, 1.82) is 0 Å². The van der Waals surface area contributed by atoms with Crippen molar-refractivity contribution in [2.45, 2.75) is 31.2 Å². The summed E-state index contributed by atoms with van der Waals surface area (Å²) in [6, 6.07) is 6.00. The van der Waals surface area contributed by atoms with E-state index in [1.807, 2.05) is 6.92 Å². The number of aromatic nitrogens is 4. The highest BCUT2D eigenvalue weighted by Gasteiger charge is 2.22. The van der Waals surface area contributed by atoms with Gasteiger partial charge in [0.15, 0.2) is 16.8 Å². The number of thiazole rings is 1. The average Bonchev–Trinajstić information content (AvgIpc) is 3.40. The Hall–Kier alpha value is -2.73. The number of hydrogen-bond donors (Lipinski definition) is 1. The molecule has 1 N–H and O–H groups in total. The van der Waals surface area contributed by atoms with E-state index in [1.165, 1.54) is 18.3 Å². The van der Waals surface area contributed by atoms with E-state index >= 15 is 0 Å². The number of fused-ring (bicyclic) bond motifs is 1. The Kier molecular flexibility index (Phi) is 6.10. The lowest BCUT2D eigenvalue weighted by Gasteiger charge is -2.07. The van der Waals surface area contributed by atoms with Crippen LogP contribution in [0.3, 0.4) is 0 Å². The molecule has 0 radical (unpaired) electrons. The number of rotatable bonds is 8. The smallest absolute Gasteiger partial charge is 0.243 e. The van der Waals surface area contributed by atoms with Crippen LogP contribution in [0.25, 0.3) is 11.0 Å². The molecule has 0 amide bonds. The van der Waals surface area contributed by atoms with E-state index in [2.05, 4.69) is 29.6 Å². The summed E-state index contributed by atoms with van der Waals surface area (Å²) in [5, 5.41) is 8.45. The minimum atomic E-state index is -3.91. The Balaban J connectivity index is 1.40. The van der Waals surface area contributed by atoms with Gasteiger partial charge in [-0.15, -0.1) is 11.3 Å². The van der Waals surface area contributed by atoms with Crippen LogP contribution in [0.4, 0.5) is 0 Å². The van der Waals surface area contributed by atoms with Gasteiger partial charge in [-0.1, -0.05) is 17.7 Å². The number of hydrogen-bond acceptors (Lipinski definition) is 9. The summed E-state index contributed by atoms with van der Waals surface area (Å²) in [7, 11) is -3.91. The molecule has 0 aliphatic rings. The maximum Gasteiger partial charge on any atom is 0.243 e. The Bertz CT molecular complexity index is 1350. The van der Waals surface area contributed by atoms with Gasteiger partial charge in [0.25, 0.3) is 0 Å². The van der Waals surface area contributed by atoms with Gasteiger partial charge in [0.05, 0.1) is 10.0 Å². The predicted molar refractivity (Wildman–Crippen MR) is 115 cm³/mol. The number of ketones is 1. The van der Waals surface area contributed by atoms with E-state index < -0.39 is 10.0 Å². The number of nitrogens with zero attached hydrogens (tertiary/aromatic N) is 4. The molecule has 0 spiro atoms. The third-order valence-corrected chi connectivity index (χ3v) is 7.17. The minimum absolute atomic E-state index is 0.0145. The summed E-state index contributed by atoms with van der Waals surface area (Å²) in [6.07, 6.45) is 4.19. The minimum Gasteiger partial charge on any atom is -0.292 e. The highest BCUT2D eigenvalue weighted by Crippen LogP contribution is 2.26. The quantitative estimate of drug-likeness (QED) is 0.383. The Morgan fingerprint density at radius 3 is 2.65 bits per heavy atom. The van der Waals surface area contributed by atoms with Crippen LogP contribution in [0.5, 0.6) is 0 Å². The van der Waals surface area contributed by atoms with Gasteiger partial charge in [0.2, 0.25) is 10.0 Å². The molecule has 31 heavy (non-hydrogen) atoms. The number of pyridine rings is 1. The molecule has 0 bridgehead atoms. The van der Waals surface area contributed by atoms with Crippen molar-refractivity contribution in [2.24, 2.45) is 0 Å². The van der Waals surface area contributed by atoms with Crippen molar-refractivity contribution in [3.63, 3.8) is 0 Å². The first kappa shape index (κ1) is 21.5. The fourth-order valence-corrected chi connectivity index (χ4v) is 5.00. The van der Waals surface area contributed by atoms with Crippen LogP contribution in [-0.4, -0.2) is 34.5 Å². The van der Waals surface area contributed by atoms with E-state index in [9.17, 15) is 13.2 Å². The molecule has 160 valence electrons. The second-order valence-corrected chi connectivity index (χ2v) is 10.1. The normalized spacial score (nSPS) is 11.8. The number of aryl methyl sites for hydroxylation is 2. The molecule has 3 heterocycles. The van der Waals surface area contributed by atoms with E-state index in [0.717, 1.165) is 9.88 Å². The highest BCUT2D eigenvalue weighted by atomic mass is 35.5. The number of carbonyl (C=O) groups excluding carboxylic acids is 1. The van der Waals surface area contributed by atoms with Crippen molar-refractivity contribution in [1.82, 2.24) is 25.0 Å². The molecule has 0 saturated carbocycles. The van der Waals surface area contributed by atoms with Crippen LogP contribution < -0.4 is 4.72 Å². The zero-order valence-corrected chi connectivity index (χ0v) is 18.6. The van der Waals surface area contributed by atoms with Crippen LogP contribution in [-0.2, 0) is 23.0 Å². The summed E-state index contributed by atoms with van der Waals surface area (Å²) in [4.78, 5) is 21.6. The molecule has 0 atom stereocenters. The molecule has 0 saturated heterocycles. The number of Topliss-reactive ketones (excluding diaryl/α,β-unsaturated/α-hetero) is 1. The van der Waals surface area contributed by atoms with Crippen molar-refractivity contribution in [3.8, 4) is 0 Å². The van der Waals surface area contributed by atoms with Gasteiger partial charge < -0.3 is 0 Å². The molecule has 4 aromatic rings. The number of carbonyl (C=O) groups is 1. The van der Waals surface area contributed by atoms with Crippen molar-refractivity contribution in [3.05, 3.63) is 62.8 Å². The van der Waals surface area contributed by atoms with Crippen molar-refractivity contribution < 1.29 is 17.8 Å². The number of benzene rings is 1. The van der Waals surface area contributed by atoms with Gasteiger partial charge in [-0.25, -0.2) is 22.8 Å². The van der Waals surface area contributed by atoms with Gasteiger partial charge in [0, 0.05) is 30.2 Å². The van der Waals surface area contributed by atoms with Crippen molar-refractivity contribution in [2.75, 3.05) is 0 Å². The SMILES string of the molecule is Cc1ncc(CCC(=O)c2ccc(CNS(=O)(=O)c3ccc(Cl)c4nonc34)cn2)s1. The van der Waals surface area contributed by atoms with E-state index in [1.54, 1.807) is 29.7 Å². The average molecular weight is 478 g/mol. The Labute approximate surface area is 186 Å². The summed E-state index contributed by atoms with van der Waals surface area (Å²) in [5.74, 6) is -0.0831. The molecule has 3 aromatic heterocycles. The van der Waals surface area contributed by atoms with Gasteiger partial charge in [-0.05, 0) is 47.4 Å². The third-order valence-electron chi connectivity index (χ3n) is 4.46. The third kappa shape index (κ3) is 4.79. The molecule has 9 nitrogen and oxygen atoms in total. The lowest BCUT2D eigenvalue weighted by Crippen LogP contribution is -2.23. The van der Waals surface area contributed by atoms with Crippen LogP contribution >= 0.6 is 22.9 Å². The van der Waals surface area contributed by atoms with E-state index in [0.29, 0.717) is 24.1 Å². The fraction of sp³-hybridized carbons (Fsp3) is 0.211. The second kappa shape index (κ2) is 8.79. The number of nitrogens with one attached hydrogen (secondary N) is 1. The van der Waals surface area contributed by atoms with Crippen LogP contribution in [0.2, 0.25) is 5.02 Å². The number of sulfonamides is 1. The summed E-state index contributed by atoms with van der Waals surface area (Å²) >= 11 is 7.54. The van der Waals surface area contributed by atoms with Gasteiger partial charge in [-0.3, -0.25) is 9.78 Å². The lowest BCUT2D eigenvalue weighted by atomic mass is 10.1. The van der Waals surface area contributed by atoms with Crippen LogP contribution in [0.1, 0.15) is 32.4 Å².